The van der Waals surface area contributed by atoms with Crippen molar-refractivity contribution in [1.29, 1.82) is 0 Å². The zero-order valence-corrected chi connectivity index (χ0v) is 12.6. The molecule has 0 unspecified atom stereocenters. The van der Waals surface area contributed by atoms with Gasteiger partial charge in [-0.25, -0.2) is 0 Å². The summed E-state index contributed by atoms with van der Waals surface area (Å²) in [6.45, 7) is 5.67. The average molecular weight is 267 g/mol. The molecule has 2 aromatic carbocycles. The molecule has 0 spiro atoms. The van der Waals surface area contributed by atoms with Crippen LogP contribution in [0.4, 0.5) is 5.69 Å². The van der Waals surface area contributed by atoms with Crippen LogP contribution in [0, 0.1) is 0 Å². The molecule has 106 valence electrons. The number of rotatable bonds is 7. The van der Waals surface area contributed by atoms with Crippen molar-refractivity contribution < 1.29 is 0 Å². The van der Waals surface area contributed by atoms with Gasteiger partial charge in [-0.1, -0.05) is 48.5 Å². The molecule has 0 fully saturated rings. The topological polar surface area (TPSA) is 3.24 Å². The van der Waals surface area contributed by atoms with Crippen LogP contribution >= 0.6 is 0 Å². The summed E-state index contributed by atoms with van der Waals surface area (Å²) in [5.74, 6) is 0. The molecule has 0 saturated heterocycles. The first-order chi connectivity index (χ1) is 9.77. The summed E-state index contributed by atoms with van der Waals surface area (Å²) in [5, 5.41) is 0. The molecule has 1 nitrogen and oxygen atoms in total. The number of unbranched alkanes of at least 4 members (excludes halogenated alkanes) is 1. The fourth-order valence-electron chi connectivity index (χ4n) is 2.56. The van der Waals surface area contributed by atoms with E-state index in [1.165, 1.54) is 30.5 Å². The maximum absolute atomic E-state index is 2.49. The molecule has 0 aliphatic rings. The lowest BCUT2D eigenvalue weighted by molar-refractivity contribution is 0.631. The second-order valence-corrected chi connectivity index (χ2v) is 5.57. The van der Waals surface area contributed by atoms with E-state index in [0.29, 0.717) is 6.04 Å². The highest BCUT2D eigenvalue weighted by Gasteiger charge is 2.09. The van der Waals surface area contributed by atoms with Gasteiger partial charge in [0.05, 0.1) is 0 Å². The third-order valence-corrected chi connectivity index (χ3v) is 3.67. The Bertz CT molecular complexity index is 476. The summed E-state index contributed by atoms with van der Waals surface area (Å²) in [7, 11) is 0. The van der Waals surface area contributed by atoms with Crippen molar-refractivity contribution in [3.05, 3.63) is 66.2 Å². The van der Waals surface area contributed by atoms with Crippen molar-refractivity contribution in [2.45, 2.75) is 39.2 Å². The maximum Gasteiger partial charge on any atom is 0.0368 e. The zero-order chi connectivity index (χ0) is 14.2. The molecule has 0 saturated carbocycles. The largest absolute Gasteiger partial charge is 0.369 e. The maximum atomic E-state index is 2.49. The van der Waals surface area contributed by atoms with Crippen molar-refractivity contribution in [2.75, 3.05) is 11.4 Å². The van der Waals surface area contributed by atoms with Gasteiger partial charge in [0.25, 0.3) is 0 Å². The highest BCUT2D eigenvalue weighted by Crippen LogP contribution is 2.17. The Kier molecular flexibility index (Phi) is 5.67. The molecule has 20 heavy (non-hydrogen) atoms. The van der Waals surface area contributed by atoms with Gasteiger partial charge in [0.15, 0.2) is 0 Å². The van der Waals surface area contributed by atoms with E-state index >= 15 is 0 Å². The van der Waals surface area contributed by atoms with E-state index in [0.717, 1.165) is 6.54 Å². The fourth-order valence-corrected chi connectivity index (χ4v) is 2.56. The Morgan fingerprint density at radius 1 is 0.800 bits per heavy atom. The summed E-state index contributed by atoms with van der Waals surface area (Å²) in [5.41, 5.74) is 2.78. The number of nitrogens with zero attached hydrogens (tertiary/aromatic N) is 1. The highest BCUT2D eigenvalue weighted by atomic mass is 15.1. The predicted molar refractivity (Wildman–Crippen MR) is 88.3 cm³/mol. The number of hydrogen-bond acceptors (Lipinski definition) is 1. The number of anilines is 1. The number of aryl methyl sites for hydroxylation is 1. The molecule has 0 bridgehead atoms. The Hall–Kier alpha value is -1.76. The highest BCUT2D eigenvalue weighted by molar-refractivity contribution is 5.46. The first-order valence-corrected chi connectivity index (χ1v) is 7.63. The van der Waals surface area contributed by atoms with E-state index in [2.05, 4.69) is 79.4 Å². The summed E-state index contributed by atoms with van der Waals surface area (Å²) < 4.78 is 0. The zero-order valence-electron chi connectivity index (χ0n) is 12.6. The van der Waals surface area contributed by atoms with Crippen LogP contribution in [0.25, 0.3) is 0 Å². The Morgan fingerprint density at radius 3 is 2.00 bits per heavy atom. The van der Waals surface area contributed by atoms with Crippen LogP contribution < -0.4 is 4.90 Å². The normalized spacial score (nSPS) is 10.8. The van der Waals surface area contributed by atoms with E-state index in [1.807, 2.05) is 0 Å². The molecule has 0 radical (unpaired) electrons. The summed E-state index contributed by atoms with van der Waals surface area (Å²) in [6, 6.07) is 22.1. The first-order valence-electron chi connectivity index (χ1n) is 7.63. The van der Waals surface area contributed by atoms with Gasteiger partial charge >= 0.3 is 0 Å². The SMILES string of the molecule is CC(C)N(CCCCc1ccccc1)c1ccccc1. The van der Waals surface area contributed by atoms with Crippen molar-refractivity contribution in [2.24, 2.45) is 0 Å². The number of para-hydroxylation sites is 1. The van der Waals surface area contributed by atoms with Crippen molar-refractivity contribution >= 4 is 5.69 Å². The lowest BCUT2D eigenvalue weighted by Gasteiger charge is -2.29. The van der Waals surface area contributed by atoms with Crippen molar-refractivity contribution in [1.82, 2.24) is 0 Å². The van der Waals surface area contributed by atoms with Gasteiger partial charge in [-0.3, -0.25) is 0 Å². The molecule has 1 heteroatoms. The molecule has 0 atom stereocenters. The lowest BCUT2D eigenvalue weighted by Crippen LogP contribution is -2.31. The number of hydrogen-bond donors (Lipinski definition) is 0. The van der Waals surface area contributed by atoms with Crippen LogP contribution in [-0.4, -0.2) is 12.6 Å². The third-order valence-electron chi connectivity index (χ3n) is 3.67. The van der Waals surface area contributed by atoms with E-state index < -0.39 is 0 Å². The second-order valence-electron chi connectivity index (χ2n) is 5.57. The second kappa shape index (κ2) is 7.74. The quantitative estimate of drug-likeness (QED) is 0.643. The van der Waals surface area contributed by atoms with E-state index in [1.54, 1.807) is 0 Å². The van der Waals surface area contributed by atoms with Gasteiger partial charge < -0.3 is 4.90 Å². The molecule has 0 aliphatic carbocycles. The fraction of sp³-hybridized carbons (Fsp3) is 0.368. The summed E-state index contributed by atoms with van der Waals surface area (Å²) in [4.78, 5) is 2.49. The molecule has 0 N–H and O–H groups in total. The van der Waals surface area contributed by atoms with Crippen LogP contribution in [0.2, 0.25) is 0 Å². The Morgan fingerprint density at radius 2 is 1.40 bits per heavy atom. The molecule has 2 aromatic rings. The first kappa shape index (κ1) is 14.6. The minimum absolute atomic E-state index is 0.550. The third kappa shape index (κ3) is 4.41. The summed E-state index contributed by atoms with van der Waals surface area (Å²) in [6.07, 6.45) is 3.67. The van der Waals surface area contributed by atoms with Gasteiger partial charge in [-0.2, -0.15) is 0 Å². The standard InChI is InChI=1S/C19H25N/c1-17(2)20(19-14-7-4-8-15-19)16-10-9-13-18-11-5-3-6-12-18/h3-8,11-12,14-15,17H,9-10,13,16H2,1-2H3. The molecule has 0 aromatic heterocycles. The molecule has 0 heterocycles. The Balaban J connectivity index is 1.82. The van der Waals surface area contributed by atoms with Gasteiger partial charge in [0.1, 0.15) is 0 Å². The molecule has 2 rings (SSSR count). The predicted octanol–water partition coefficient (Wildman–Crippen LogP) is 4.92. The van der Waals surface area contributed by atoms with Crippen LogP contribution in [-0.2, 0) is 6.42 Å². The molecule has 0 amide bonds. The minimum atomic E-state index is 0.550. The van der Waals surface area contributed by atoms with Gasteiger partial charge in [0, 0.05) is 18.3 Å². The van der Waals surface area contributed by atoms with Crippen LogP contribution in [0.15, 0.2) is 60.7 Å². The van der Waals surface area contributed by atoms with Crippen molar-refractivity contribution in [3.63, 3.8) is 0 Å². The summed E-state index contributed by atoms with van der Waals surface area (Å²) >= 11 is 0. The van der Waals surface area contributed by atoms with Gasteiger partial charge in [-0.15, -0.1) is 0 Å². The lowest BCUT2D eigenvalue weighted by atomic mass is 10.1. The Labute approximate surface area is 123 Å². The van der Waals surface area contributed by atoms with Crippen LogP contribution in [0.1, 0.15) is 32.3 Å². The van der Waals surface area contributed by atoms with E-state index in [9.17, 15) is 0 Å². The average Bonchev–Trinajstić information content (AvgIpc) is 2.49. The van der Waals surface area contributed by atoms with Gasteiger partial charge in [0.2, 0.25) is 0 Å². The van der Waals surface area contributed by atoms with Gasteiger partial charge in [-0.05, 0) is 50.8 Å². The number of benzene rings is 2. The molecule has 0 aliphatic heterocycles. The van der Waals surface area contributed by atoms with Crippen LogP contribution in [0.5, 0.6) is 0 Å². The minimum Gasteiger partial charge on any atom is -0.369 e. The smallest absolute Gasteiger partial charge is 0.0368 e. The monoisotopic (exact) mass is 267 g/mol. The van der Waals surface area contributed by atoms with E-state index in [4.69, 9.17) is 0 Å². The van der Waals surface area contributed by atoms with E-state index in [-0.39, 0.29) is 0 Å². The molecular weight excluding hydrogens is 242 g/mol. The molecular formula is C19H25N. The van der Waals surface area contributed by atoms with Crippen LogP contribution in [0.3, 0.4) is 0 Å². The van der Waals surface area contributed by atoms with Crippen molar-refractivity contribution in [3.8, 4) is 0 Å².